The van der Waals surface area contributed by atoms with E-state index in [9.17, 15) is 14.4 Å². The van der Waals surface area contributed by atoms with Crippen LogP contribution in [0.5, 0.6) is 0 Å². The van der Waals surface area contributed by atoms with Crippen molar-refractivity contribution in [1.29, 1.82) is 0 Å². The first-order chi connectivity index (χ1) is 13.0. The molecule has 0 spiro atoms. The van der Waals surface area contributed by atoms with Crippen LogP contribution in [0.1, 0.15) is 35.4 Å². The van der Waals surface area contributed by atoms with E-state index in [1.807, 2.05) is 30.3 Å². The van der Waals surface area contributed by atoms with Gasteiger partial charge in [-0.2, -0.15) is 0 Å². The Labute approximate surface area is 157 Å². The molecule has 0 aliphatic carbocycles. The molecule has 27 heavy (non-hydrogen) atoms. The Hall–Kier alpha value is -3.09. The molecule has 0 bridgehead atoms. The number of nitrogens with zero attached hydrogens (tertiary/aromatic N) is 1. The number of carbonyl (C=O) groups excluding carboxylic acids is 2. The van der Waals surface area contributed by atoms with E-state index in [1.54, 1.807) is 11.0 Å². The maximum absolute atomic E-state index is 13.1. The molecule has 3 rings (SSSR count). The molecule has 1 fully saturated rings. The fourth-order valence-electron chi connectivity index (χ4n) is 3.43. The number of carbonyl (C=O) groups is 3. The summed E-state index contributed by atoms with van der Waals surface area (Å²) in [5.74, 6) is -1.53. The van der Waals surface area contributed by atoms with E-state index in [4.69, 9.17) is 9.52 Å². The Kier molecular flexibility index (Phi) is 5.90. The van der Waals surface area contributed by atoms with Crippen molar-refractivity contribution in [2.24, 2.45) is 0 Å². The molecule has 2 heterocycles. The van der Waals surface area contributed by atoms with Gasteiger partial charge in [0.1, 0.15) is 6.04 Å². The topological polar surface area (TPSA) is 99.9 Å². The third kappa shape index (κ3) is 4.75. The van der Waals surface area contributed by atoms with Gasteiger partial charge in [-0.3, -0.25) is 14.4 Å². The smallest absolute Gasteiger partial charge is 0.305 e. The van der Waals surface area contributed by atoms with Crippen LogP contribution in [0.15, 0.2) is 53.1 Å². The maximum atomic E-state index is 13.1. The molecule has 0 radical (unpaired) electrons. The van der Waals surface area contributed by atoms with Crippen molar-refractivity contribution in [3.63, 3.8) is 0 Å². The van der Waals surface area contributed by atoms with E-state index in [0.29, 0.717) is 19.4 Å². The quantitative estimate of drug-likeness (QED) is 0.777. The van der Waals surface area contributed by atoms with Crippen molar-refractivity contribution < 1.29 is 23.9 Å². The van der Waals surface area contributed by atoms with Crippen LogP contribution in [0.3, 0.4) is 0 Å². The van der Waals surface area contributed by atoms with E-state index < -0.39 is 17.9 Å². The molecule has 2 unspecified atom stereocenters. The van der Waals surface area contributed by atoms with Gasteiger partial charge in [-0.15, -0.1) is 0 Å². The van der Waals surface area contributed by atoms with Gasteiger partial charge in [0.2, 0.25) is 5.91 Å². The zero-order chi connectivity index (χ0) is 19.2. The molecule has 142 valence electrons. The predicted molar refractivity (Wildman–Crippen MR) is 97.1 cm³/mol. The summed E-state index contributed by atoms with van der Waals surface area (Å²) in [6.07, 6.45) is 3.04. The zero-order valence-corrected chi connectivity index (χ0v) is 14.8. The van der Waals surface area contributed by atoms with Gasteiger partial charge in [0.05, 0.1) is 12.7 Å². The highest BCUT2D eigenvalue weighted by molar-refractivity contribution is 5.95. The second-order valence-corrected chi connectivity index (χ2v) is 6.62. The van der Waals surface area contributed by atoms with Gasteiger partial charge >= 0.3 is 5.97 Å². The van der Waals surface area contributed by atoms with Crippen molar-refractivity contribution in [1.82, 2.24) is 10.2 Å². The molecule has 1 aromatic heterocycles. The zero-order valence-electron chi connectivity index (χ0n) is 14.8. The number of furan rings is 1. The Morgan fingerprint density at radius 1 is 1.19 bits per heavy atom. The number of nitrogens with one attached hydrogen (secondary N) is 1. The molecule has 7 nitrogen and oxygen atoms in total. The lowest BCUT2D eigenvalue weighted by molar-refractivity contribution is -0.140. The van der Waals surface area contributed by atoms with Crippen molar-refractivity contribution in [2.45, 2.75) is 37.8 Å². The second kappa shape index (κ2) is 8.53. The molecule has 7 heteroatoms. The van der Waals surface area contributed by atoms with E-state index in [-0.39, 0.29) is 24.1 Å². The number of aliphatic carboxylic acids is 1. The first kappa shape index (κ1) is 18.7. The molecule has 2 atom stereocenters. The lowest BCUT2D eigenvalue weighted by atomic mass is 10.0. The van der Waals surface area contributed by atoms with E-state index >= 15 is 0 Å². The largest absolute Gasteiger partial charge is 0.481 e. The summed E-state index contributed by atoms with van der Waals surface area (Å²) in [5.41, 5.74) is 0.907. The minimum Gasteiger partial charge on any atom is -0.481 e. The summed E-state index contributed by atoms with van der Waals surface area (Å²) in [4.78, 5) is 38.2. The molecule has 1 aliphatic rings. The van der Waals surface area contributed by atoms with Crippen LogP contribution in [-0.4, -0.2) is 46.4 Å². The van der Waals surface area contributed by atoms with Gasteiger partial charge in [0.25, 0.3) is 5.91 Å². The van der Waals surface area contributed by atoms with Crippen molar-refractivity contribution in [2.75, 3.05) is 6.54 Å². The lowest BCUT2D eigenvalue weighted by Crippen LogP contribution is -2.51. The maximum Gasteiger partial charge on any atom is 0.305 e. The average molecular weight is 370 g/mol. The minimum absolute atomic E-state index is 0.0874. The molecule has 2 aromatic rings. The van der Waals surface area contributed by atoms with E-state index in [0.717, 1.165) is 12.0 Å². The molecule has 2 amide bonds. The summed E-state index contributed by atoms with van der Waals surface area (Å²) >= 11 is 0. The first-order valence-electron chi connectivity index (χ1n) is 8.95. The van der Waals surface area contributed by atoms with Crippen molar-refractivity contribution >= 4 is 17.8 Å². The Balaban J connectivity index is 1.78. The van der Waals surface area contributed by atoms with Gasteiger partial charge in [-0.25, -0.2) is 0 Å². The van der Waals surface area contributed by atoms with Gasteiger partial charge in [-0.1, -0.05) is 30.3 Å². The van der Waals surface area contributed by atoms with Crippen LogP contribution in [0, 0.1) is 0 Å². The molecule has 1 saturated heterocycles. The highest BCUT2D eigenvalue weighted by Gasteiger charge is 2.35. The van der Waals surface area contributed by atoms with Gasteiger partial charge in [0.15, 0.2) is 5.76 Å². The van der Waals surface area contributed by atoms with Crippen LogP contribution >= 0.6 is 0 Å². The SMILES string of the molecule is O=C(O)CC1CCCN1C(=O)C(Cc1ccccc1)NC(=O)c1ccco1. The molecular formula is C20H22N2O5. The Bertz CT molecular complexity index is 788. The number of rotatable bonds is 7. The number of likely N-dealkylation sites (tertiary alicyclic amines) is 1. The summed E-state index contributed by atoms with van der Waals surface area (Å²) in [6, 6.07) is 11.4. The van der Waals surface area contributed by atoms with Gasteiger partial charge < -0.3 is 19.7 Å². The molecule has 0 saturated carbocycles. The molecule has 1 aliphatic heterocycles. The number of hydrogen-bond donors (Lipinski definition) is 2. The van der Waals surface area contributed by atoms with Gasteiger partial charge in [-0.05, 0) is 30.5 Å². The Morgan fingerprint density at radius 2 is 1.96 bits per heavy atom. The third-order valence-corrected chi connectivity index (χ3v) is 4.70. The van der Waals surface area contributed by atoms with Crippen molar-refractivity contribution in [3.05, 3.63) is 60.1 Å². The lowest BCUT2D eigenvalue weighted by Gasteiger charge is -2.28. The first-order valence-corrected chi connectivity index (χ1v) is 8.95. The second-order valence-electron chi connectivity index (χ2n) is 6.62. The molecule has 1 aromatic carbocycles. The summed E-state index contributed by atoms with van der Waals surface area (Å²) in [5, 5.41) is 11.8. The van der Waals surface area contributed by atoms with Crippen LogP contribution in [0.2, 0.25) is 0 Å². The highest BCUT2D eigenvalue weighted by atomic mass is 16.4. The van der Waals surface area contributed by atoms with Crippen molar-refractivity contribution in [3.8, 4) is 0 Å². The monoisotopic (exact) mass is 370 g/mol. The van der Waals surface area contributed by atoms with Gasteiger partial charge in [0, 0.05) is 19.0 Å². The number of benzene rings is 1. The summed E-state index contributed by atoms with van der Waals surface area (Å²) in [6.45, 7) is 0.499. The van der Waals surface area contributed by atoms with Crippen LogP contribution in [0.4, 0.5) is 0 Å². The van der Waals surface area contributed by atoms with Crippen LogP contribution in [-0.2, 0) is 16.0 Å². The number of carboxylic acid groups (broad SMARTS) is 1. The molecule has 2 N–H and O–H groups in total. The summed E-state index contributed by atoms with van der Waals surface area (Å²) < 4.78 is 5.11. The number of hydrogen-bond acceptors (Lipinski definition) is 4. The highest BCUT2D eigenvalue weighted by Crippen LogP contribution is 2.22. The summed E-state index contributed by atoms with van der Waals surface area (Å²) in [7, 11) is 0. The normalized spacial score (nSPS) is 17.5. The van der Waals surface area contributed by atoms with E-state index in [2.05, 4.69) is 5.32 Å². The Morgan fingerprint density at radius 3 is 2.63 bits per heavy atom. The van der Waals surface area contributed by atoms with E-state index in [1.165, 1.54) is 12.3 Å². The fourth-order valence-corrected chi connectivity index (χ4v) is 3.43. The standard InChI is InChI=1S/C20H22N2O5/c23-18(24)13-15-8-4-10-22(15)20(26)16(12-14-6-2-1-3-7-14)21-19(25)17-9-5-11-27-17/h1-3,5-7,9,11,15-16H,4,8,10,12-13H2,(H,21,25)(H,23,24). The van der Waals surface area contributed by atoms with Crippen LogP contribution in [0.25, 0.3) is 0 Å². The fraction of sp³-hybridized carbons (Fsp3) is 0.350. The third-order valence-electron chi connectivity index (χ3n) is 4.70. The predicted octanol–water partition coefficient (Wildman–Crippen LogP) is 2.09. The number of carboxylic acids is 1. The number of amides is 2. The van der Waals surface area contributed by atoms with Crippen LogP contribution < -0.4 is 5.32 Å². The molecular weight excluding hydrogens is 348 g/mol. The average Bonchev–Trinajstić information content (AvgIpc) is 3.33. The minimum atomic E-state index is -0.932.